The Morgan fingerprint density at radius 1 is 1.43 bits per heavy atom. The van der Waals surface area contributed by atoms with Crippen LogP contribution in [0.2, 0.25) is 0 Å². The van der Waals surface area contributed by atoms with Crippen molar-refractivity contribution in [2.75, 3.05) is 19.0 Å². The van der Waals surface area contributed by atoms with E-state index in [0.717, 1.165) is 27.2 Å². The lowest BCUT2D eigenvalue weighted by atomic mass is 10.2. The van der Waals surface area contributed by atoms with Gasteiger partial charge in [0.15, 0.2) is 4.34 Å². The summed E-state index contributed by atoms with van der Waals surface area (Å²) >= 11 is 3.06. The molecule has 2 rings (SSSR count). The Morgan fingerprint density at radius 2 is 2.33 bits per heavy atom. The van der Waals surface area contributed by atoms with Crippen molar-refractivity contribution in [1.82, 2.24) is 9.36 Å². The van der Waals surface area contributed by atoms with Crippen LogP contribution in [0, 0.1) is 18.8 Å². The smallest absolute Gasteiger partial charge is 0.170 e. The largest absolute Gasteiger partial charge is 0.493 e. The van der Waals surface area contributed by atoms with Crippen molar-refractivity contribution in [2.24, 2.45) is 0 Å². The highest BCUT2D eigenvalue weighted by Crippen LogP contribution is 2.20. The summed E-state index contributed by atoms with van der Waals surface area (Å²) < 4.78 is 10.8. The van der Waals surface area contributed by atoms with E-state index in [0.29, 0.717) is 13.0 Å². The van der Waals surface area contributed by atoms with Crippen LogP contribution in [-0.2, 0) is 0 Å². The van der Waals surface area contributed by atoms with Gasteiger partial charge >= 0.3 is 0 Å². The summed E-state index contributed by atoms with van der Waals surface area (Å²) in [7, 11) is 0. The van der Waals surface area contributed by atoms with Crippen molar-refractivity contribution >= 4 is 23.3 Å². The molecule has 0 atom stereocenters. The number of aliphatic hydroxyl groups is 1. The number of ether oxygens (including phenoxy) is 1. The molecule has 0 radical (unpaired) electrons. The second kappa shape index (κ2) is 8.67. The predicted octanol–water partition coefficient (Wildman–Crippen LogP) is 2.75. The second-order valence-electron chi connectivity index (χ2n) is 4.11. The van der Waals surface area contributed by atoms with Crippen molar-refractivity contribution in [3.8, 4) is 17.6 Å². The molecule has 0 saturated carbocycles. The van der Waals surface area contributed by atoms with Crippen LogP contribution in [0.1, 0.15) is 17.8 Å². The van der Waals surface area contributed by atoms with E-state index in [1.54, 1.807) is 11.8 Å². The number of rotatable bonds is 6. The number of hydrogen-bond acceptors (Lipinski definition) is 6. The van der Waals surface area contributed by atoms with Crippen LogP contribution in [0.25, 0.3) is 0 Å². The van der Waals surface area contributed by atoms with Gasteiger partial charge in [-0.25, -0.2) is 4.98 Å². The molecule has 0 aliphatic carbocycles. The molecule has 0 aliphatic rings. The van der Waals surface area contributed by atoms with Crippen LogP contribution in [0.3, 0.4) is 0 Å². The van der Waals surface area contributed by atoms with Crippen molar-refractivity contribution in [2.45, 2.75) is 17.7 Å². The third kappa shape index (κ3) is 5.76. The fourth-order valence-electron chi connectivity index (χ4n) is 1.51. The highest BCUT2D eigenvalue weighted by atomic mass is 32.2. The van der Waals surface area contributed by atoms with Crippen LogP contribution >= 0.6 is 23.3 Å². The molecule has 0 spiro atoms. The van der Waals surface area contributed by atoms with Crippen molar-refractivity contribution in [1.29, 1.82) is 0 Å². The number of aryl methyl sites for hydroxylation is 1. The van der Waals surface area contributed by atoms with E-state index in [9.17, 15) is 0 Å². The molecule has 1 N–H and O–H groups in total. The Labute approximate surface area is 132 Å². The molecule has 21 heavy (non-hydrogen) atoms. The van der Waals surface area contributed by atoms with E-state index in [1.807, 2.05) is 31.2 Å². The number of aromatic nitrogens is 2. The monoisotopic (exact) mass is 320 g/mol. The van der Waals surface area contributed by atoms with Gasteiger partial charge in [0.25, 0.3) is 0 Å². The zero-order chi connectivity index (χ0) is 14.9. The topological polar surface area (TPSA) is 55.2 Å². The van der Waals surface area contributed by atoms with E-state index < -0.39 is 0 Å². The maximum absolute atomic E-state index is 8.70. The first-order valence-electron chi connectivity index (χ1n) is 6.53. The summed E-state index contributed by atoms with van der Waals surface area (Å²) in [5.41, 5.74) is 0.897. The Bertz CT molecular complexity index is 632. The average molecular weight is 320 g/mol. The van der Waals surface area contributed by atoms with E-state index in [2.05, 4.69) is 21.2 Å². The molecule has 0 aliphatic heterocycles. The normalized spacial score (nSPS) is 10.0. The molecule has 0 saturated heterocycles. The summed E-state index contributed by atoms with van der Waals surface area (Å²) in [4.78, 5) is 4.29. The lowest BCUT2D eigenvalue weighted by molar-refractivity contribution is 0.305. The summed E-state index contributed by atoms with van der Waals surface area (Å²) in [6.45, 7) is 2.59. The number of nitrogens with zero attached hydrogens (tertiary/aromatic N) is 2. The minimum atomic E-state index is 0.0888. The molecule has 6 heteroatoms. The molecule has 4 nitrogen and oxygen atoms in total. The molecule has 0 fully saturated rings. The first-order chi connectivity index (χ1) is 10.3. The average Bonchev–Trinajstić information content (AvgIpc) is 2.90. The Balaban J connectivity index is 1.78. The van der Waals surface area contributed by atoms with E-state index >= 15 is 0 Å². The van der Waals surface area contributed by atoms with E-state index in [4.69, 9.17) is 9.84 Å². The fourth-order valence-corrected chi connectivity index (χ4v) is 3.04. The standard InChI is InChI=1S/C15H16N2O2S2/c1-12-16-15(21-17-12)20-10-9-19-14-7-4-6-13(11-14)5-2-3-8-18/h4,6-7,11,18H,3,8-10H2,1H3. The van der Waals surface area contributed by atoms with E-state index in [-0.39, 0.29) is 6.61 Å². The van der Waals surface area contributed by atoms with Gasteiger partial charge in [-0.3, -0.25) is 0 Å². The number of thioether (sulfide) groups is 1. The van der Waals surface area contributed by atoms with E-state index in [1.165, 1.54) is 11.5 Å². The molecule has 1 heterocycles. The van der Waals surface area contributed by atoms with Gasteiger partial charge < -0.3 is 9.84 Å². The van der Waals surface area contributed by atoms with Gasteiger partial charge in [0.05, 0.1) is 13.2 Å². The molecule has 110 valence electrons. The molecule has 1 aromatic heterocycles. The maximum atomic E-state index is 8.70. The van der Waals surface area contributed by atoms with Crippen LogP contribution in [0.4, 0.5) is 0 Å². The molecule has 0 amide bonds. The summed E-state index contributed by atoms with van der Waals surface area (Å²) in [6.07, 6.45) is 0.489. The van der Waals surface area contributed by atoms with Gasteiger partial charge in [0.1, 0.15) is 11.6 Å². The quantitative estimate of drug-likeness (QED) is 0.504. The van der Waals surface area contributed by atoms with Gasteiger partial charge in [-0.15, -0.1) is 0 Å². The molecule has 0 unspecified atom stereocenters. The molecule has 2 aromatic rings. The van der Waals surface area contributed by atoms with Crippen LogP contribution in [0.15, 0.2) is 28.6 Å². The lowest BCUT2D eigenvalue weighted by Crippen LogP contribution is -2.00. The highest BCUT2D eigenvalue weighted by molar-refractivity contribution is 8.00. The molecular weight excluding hydrogens is 304 g/mol. The van der Waals surface area contributed by atoms with Gasteiger partial charge in [-0.2, -0.15) is 4.37 Å². The number of benzene rings is 1. The first-order valence-corrected chi connectivity index (χ1v) is 8.29. The zero-order valence-electron chi connectivity index (χ0n) is 11.7. The van der Waals surface area contributed by atoms with Crippen molar-refractivity contribution in [3.05, 3.63) is 35.7 Å². The Morgan fingerprint density at radius 3 is 3.10 bits per heavy atom. The van der Waals surface area contributed by atoms with Crippen LogP contribution in [-0.4, -0.2) is 33.4 Å². The minimum Gasteiger partial charge on any atom is -0.493 e. The van der Waals surface area contributed by atoms with Crippen molar-refractivity contribution < 1.29 is 9.84 Å². The van der Waals surface area contributed by atoms with Gasteiger partial charge in [0, 0.05) is 17.7 Å². The van der Waals surface area contributed by atoms with Gasteiger partial charge in [-0.1, -0.05) is 29.7 Å². The maximum Gasteiger partial charge on any atom is 0.170 e. The summed E-state index contributed by atoms with van der Waals surface area (Å²) in [6, 6.07) is 7.66. The fraction of sp³-hybridized carbons (Fsp3) is 0.333. The SMILES string of the molecule is Cc1nsc(SCCOc2cccc(C#CCCO)c2)n1. The highest BCUT2D eigenvalue weighted by Gasteiger charge is 2.01. The second-order valence-corrected chi connectivity index (χ2v) is 6.20. The van der Waals surface area contributed by atoms with Crippen LogP contribution < -0.4 is 4.74 Å². The van der Waals surface area contributed by atoms with Crippen molar-refractivity contribution in [3.63, 3.8) is 0 Å². The first kappa shape index (κ1) is 15.8. The minimum absolute atomic E-state index is 0.0888. The summed E-state index contributed by atoms with van der Waals surface area (Å²) in [5.74, 6) is 8.34. The molecule has 0 bridgehead atoms. The number of aliphatic hydroxyl groups excluding tert-OH is 1. The predicted molar refractivity (Wildman–Crippen MR) is 85.9 cm³/mol. The Hall–Kier alpha value is -1.55. The molecule has 1 aromatic carbocycles. The third-order valence-corrected chi connectivity index (χ3v) is 4.28. The lowest BCUT2D eigenvalue weighted by Gasteiger charge is -2.05. The van der Waals surface area contributed by atoms with Gasteiger partial charge in [-0.05, 0) is 36.7 Å². The molecular formula is C15H16N2O2S2. The zero-order valence-corrected chi connectivity index (χ0v) is 13.3. The third-order valence-electron chi connectivity index (χ3n) is 2.39. The van der Waals surface area contributed by atoms with Gasteiger partial charge in [0.2, 0.25) is 0 Å². The number of hydrogen-bond donors (Lipinski definition) is 1. The van der Waals surface area contributed by atoms with Crippen LogP contribution in [0.5, 0.6) is 5.75 Å². The Kier molecular flexibility index (Phi) is 6.54. The summed E-state index contributed by atoms with van der Waals surface area (Å²) in [5, 5.41) is 8.70.